The fraction of sp³-hybridized carbons (Fsp3) is 0.188. The fourth-order valence-corrected chi connectivity index (χ4v) is 3.69. The molecule has 0 saturated heterocycles. The number of non-ortho nitro benzene ring substituents is 1. The molecule has 8 nitrogen and oxygen atoms in total. The average molecular weight is 364 g/mol. The molecule has 2 aromatic rings. The largest absolute Gasteiger partial charge is 0.481 e. The summed E-state index contributed by atoms with van der Waals surface area (Å²) >= 11 is 0. The van der Waals surface area contributed by atoms with Crippen molar-refractivity contribution in [2.24, 2.45) is 0 Å². The second-order valence-electron chi connectivity index (χ2n) is 5.31. The monoisotopic (exact) mass is 364 g/mol. The normalized spacial score (nSPS) is 11.1. The van der Waals surface area contributed by atoms with E-state index in [1.54, 1.807) is 24.3 Å². The van der Waals surface area contributed by atoms with Crippen LogP contribution in [0.5, 0.6) is 0 Å². The fourth-order valence-electron chi connectivity index (χ4n) is 2.18. The van der Waals surface area contributed by atoms with E-state index in [-0.39, 0.29) is 17.1 Å². The molecule has 0 heterocycles. The van der Waals surface area contributed by atoms with Gasteiger partial charge in [-0.25, -0.2) is 8.42 Å². The molecule has 0 radical (unpaired) electrons. The Balaban J connectivity index is 2.50. The molecule has 0 atom stereocenters. The van der Waals surface area contributed by atoms with Crippen molar-refractivity contribution >= 4 is 27.4 Å². The highest BCUT2D eigenvalue weighted by Gasteiger charge is 2.27. The molecule has 0 spiro atoms. The van der Waals surface area contributed by atoms with Crippen molar-refractivity contribution in [3.05, 3.63) is 64.2 Å². The van der Waals surface area contributed by atoms with Crippen LogP contribution in [0.15, 0.2) is 53.4 Å². The van der Waals surface area contributed by atoms with Gasteiger partial charge in [-0.2, -0.15) is 0 Å². The SMILES string of the molecule is Cc1ccc(N(CCC(=O)O)S(=O)(=O)c2cccc([N+](=O)[O-])c2)cc1. The van der Waals surface area contributed by atoms with Crippen LogP contribution < -0.4 is 4.31 Å². The van der Waals surface area contributed by atoms with Crippen molar-refractivity contribution in [2.75, 3.05) is 10.8 Å². The van der Waals surface area contributed by atoms with E-state index in [2.05, 4.69) is 0 Å². The molecule has 0 fully saturated rings. The molecular formula is C16H16N2O6S. The third-order valence-corrected chi connectivity index (χ3v) is 5.29. The summed E-state index contributed by atoms with van der Waals surface area (Å²) in [6.45, 7) is 1.55. The number of benzene rings is 2. The first-order chi connectivity index (χ1) is 11.7. The number of anilines is 1. The highest BCUT2D eigenvalue weighted by Crippen LogP contribution is 2.26. The lowest BCUT2D eigenvalue weighted by Crippen LogP contribution is -2.33. The van der Waals surface area contributed by atoms with Crippen molar-refractivity contribution in [2.45, 2.75) is 18.2 Å². The molecule has 0 aromatic heterocycles. The number of nitrogens with zero attached hydrogens (tertiary/aromatic N) is 2. The van der Waals surface area contributed by atoms with E-state index in [1.165, 1.54) is 18.2 Å². The molecule has 0 unspecified atom stereocenters. The van der Waals surface area contributed by atoms with E-state index in [0.29, 0.717) is 5.69 Å². The molecule has 0 aliphatic heterocycles. The van der Waals surface area contributed by atoms with Crippen LogP contribution in [0.1, 0.15) is 12.0 Å². The van der Waals surface area contributed by atoms with Gasteiger partial charge in [0, 0.05) is 18.7 Å². The minimum atomic E-state index is -4.15. The Kier molecular flexibility index (Phi) is 5.38. The van der Waals surface area contributed by atoms with Gasteiger partial charge in [-0.05, 0) is 25.1 Å². The first-order valence-corrected chi connectivity index (χ1v) is 8.71. The Bertz CT molecular complexity index is 893. The Morgan fingerprint density at radius 1 is 1.20 bits per heavy atom. The standard InChI is InChI=1S/C16H16N2O6S/c1-12-5-7-13(8-6-12)17(10-9-16(19)20)25(23,24)15-4-2-3-14(11-15)18(21)22/h2-8,11H,9-10H2,1H3,(H,19,20). The predicted molar refractivity (Wildman–Crippen MR) is 91.1 cm³/mol. The van der Waals surface area contributed by atoms with Gasteiger partial charge in [-0.3, -0.25) is 19.2 Å². The molecule has 2 rings (SSSR count). The maximum atomic E-state index is 12.9. The lowest BCUT2D eigenvalue weighted by molar-refractivity contribution is -0.385. The first-order valence-electron chi connectivity index (χ1n) is 7.27. The molecule has 0 saturated carbocycles. The maximum Gasteiger partial charge on any atom is 0.305 e. The Labute approximate surface area is 144 Å². The average Bonchev–Trinajstić information content (AvgIpc) is 2.56. The van der Waals surface area contributed by atoms with Gasteiger partial charge >= 0.3 is 5.97 Å². The number of nitro benzene ring substituents is 1. The number of sulfonamides is 1. The van der Waals surface area contributed by atoms with Crippen LogP contribution in [-0.4, -0.2) is 31.0 Å². The van der Waals surface area contributed by atoms with Gasteiger partial charge in [-0.15, -0.1) is 0 Å². The zero-order valence-electron chi connectivity index (χ0n) is 13.3. The zero-order valence-corrected chi connectivity index (χ0v) is 14.1. The van der Waals surface area contributed by atoms with Crippen molar-refractivity contribution in [1.29, 1.82) is 0 Å². The van der Waals surface area contributed by atoms with E-state index >= 15 is 0 Å². The van der Waals surface area contributed by atoms with Crippen LogP contribution >= 0.6 is 0 Å². The van der Waals surface area contributed by atoms with Gasteiger partial charge in [0.25, 0.3) is 15.7 Å². The summed E-state index contributed by atoms with van der Waals surface area (Å²) in [7, 11) is -4.15. The van der Waals surface area contributed by atoms with Gasteiger partial charge in [0.2, 0.25) is 0 Å². The van der Waals surface area contributed by atoms with Gasteiger partial charge in [0.1, 0.15) is 0 Å². The third kappa shape index (κ3) is 4.32. The van der Waals surface area contributed by atoms with E-state index in [4.69, 9.17) is 5.11 Å². The Morgan fingerprint density at radius 3 is 2.40 bits per heavy atom. The van der Waals surface area contributed by atoms with E-state index in [9.17, 15) is 23.3 Å². The summed E-state index contributed by atoms with van der Waals surface area (Å²) in [5, 5.41) is 19.8. The molecule has 9 heteroatoms. The summed E-state index contributed by atoms with van der Waals surface area (Å²) in [5.41, 5.74) is 0.844. The molecule has 0 bridgehead atoms. The van der Waals surface area contributed by atoms with Gasteiger partial charge < -0.3 is 5.11 Å². The number of aliphatic carboxylic acids is 1. The van der Waals surface area contributed by atoms with E-state index in [1.807, 2.05) is 6.92 Å². The minimum Gasteiger partial charge on any atom is -0.481 e. The van der Waals surface area contributed by atoms with Crippen molar-refractivity contribution in [1.82, 2.24) is 0 Å². The highest BCUT2D eigenvalue weighted by atomic mass is 32.2. The lowest BCUT2D eigenvalue weighted by atomic mass is 10.2. The number of aryl methyl sites for hydroxylation is 1. The number of carboxylic acid groups (broad SMARTS) is 1. The highest BCUT2D eigenvalue weighted by molar-refractivity contribution is 7.92. The zero-order chi connectivity index (χ0) is 18.6. The molecule has 0 amide bonds. The number of hydrogen-bond acceptors (Lipinski definition) is 5. The number of hydrogen-bond donors (Lipinski definition) is 1. The van der Waals surface area contributed by atoms with Crippen LogP contribution in [-0.2, 0) is 14.8 Å². The van der Waals surface area contributed by atoms with E-state index in [0.717, 1.165) is 15.9 Å². The minimum absolute atomic E-state index is 0.271. The molecule has 132 valence electrons. The first kappa shape index (κ1) is 18.4. The molecule has 0 aliphatic carbocycles. The molecule has 2 aromatic carbocycles. The molecule has 25 heavy (non-hydrogen) atoms. The van der Waals surface area contributed by atoms with Crippen LogP contribution in [0, 0.1) is 17.0 Å². The van der Waals surface area contributed by atoms with Crippen LogP contribution in [0.25, 0.3) is 0 Å². The number of carbonyl (C=O) groups is 1. The summed E-state index contributed by atoms with van der Waals surface area (Å²) in [6.07, 6.45) is -0.401. The third-order valence-electron chi connectivity index (χ3n) is 3.47. The lowest BCUT2D eigenvalue weighted by Gasteiger charge is -2.24. The summed E-state index contributed by atoms with van der Waals surface area (Å²) in [4.78, 5) is 20.8. The second-order valence-corrected chi connectivity index (χ2v) is 7.17. The molecule has 1 N–H and O–H groups in total. The Morgan fingerprint density at radius 2 is 1.84 bits per heavy atom. The van der Waals surface area contributed by atoms with Gasteiger partial charge in [0.15, 0.2) is 0 Å². The summed E-state index contributed by atoms with van der Waals surface area (Å²) < 4.78 is 26.8. The molecular weight excluding hydrogens is 348 g/mol. The predicted octanol–water partition coefficient (Wildman–Crippen LogP) is 2.57. The van der Waals surface area contributed by atoms with E-state index < -0.39 is 27.3 Å². The van der Waals surface area contributed by atoms with Gasteiger partial charge in [-0.1, -0.05) is 23.8 Å². The quantitative estimate of drug-likeness (QED) is 0.596. The topological polar surface area (TPSA) is 118 Å². The number of nitro groups is 1. The van der Waals surface area contributed by atoms with Crippen molar-refractivity contribution in [3.8, 4) is 0 Å². The summed E-state index contributed by atoms with van der Waals surface area (Å²) in [6, 6.07) is 11.2. The number of carboxylic acids is 1. The maximum absolute atomic E-state index is 12.9. The van der Waals surface area contributed by atoms with Crippen LogP contribution in [0.2, 0.25) is 0 Å². The smallest absolute Gasteiger partial charge is 0.305 e. The van der Waals surface area contributed by atoms with Gasteiger partial charge in [0.05, 0.1) is 21.9 Å². The second kappa shape index (κ2) is 7.31. The Hall–Kier alpha value is -2.94. The van der Waals surface area contributed by atoms with Crippen LogP contribution in [0.3, 0.4) is 0 Å². The van der Waals surface area contributed by atoms with Crippen molar-refractivity contribution in [3.63, 3.8) is 0 Å². The summed E-state index contributed by atoms with van der Waals surface area (Å²) in [5.74, 6) is -1.15. The molecule has 0 aliphatic rings. The number of rotatable bonds is 7. The van der Waals surface area contributed by atoms with Crippen molar-refractivity contribution < 1.29 is 23.2 Å². The van der Waals surface area contributed by atoms with Crippen LogP contribution in [0.4, 0.5) is 11.4 Å².